The maximum Gasteiger partial charge on any atom is 0.0950 e. The molecule has 1 unspecified atom stereocenters. The van der Waals surface area contributed by atoms with E-state index in [0.29, 0.717) is 13.2 Å². The molecule has 0 radical (unpaired) electrons. The summed E-state index contributed by atoms with van der Waals surface area (Å²) in [4.78, 5) is 0. The summed E-state index contributed by atoms with van der Waals surface area (Å²) in [5.41, 5.74) is 1.12. The van der Waals surface area contributed by atoms with E-state index in [0.717, 1.165) is 17.1 Å². The van der Waals surface area contributed by atoms with Gasteiger partial charge in [0.25, 0.3) is 0 Å². The molecule has 4 heteroatoms. The minimum atomic E-state index is 0.0306. The normalized spacial score (nSPS) is 12.9. The maximum absolute atomic E-state index is 5.88. The van der Waals surface area contributed by atoms with Crippen molar-refractivity contribution < 1.29 is 9.47 Å². The molecule has 1 aromatic rings. The molecular formula is C14H22ClNO2. The molecule has 0 aliphatic rings. The lowest BCUT2D eigenvalue weighted by Gasteiger charge is -2.18. The van der Waals surface area contributed by atoms with E-state index < -0.39 is 0 Å². The number of benzene rings is 1. The number of hydrogen-bond acceptors (Lipinski definition) is 3. The van der Waals surface area contributed by atoms with Crippen molar-refractivity contribution in [3.8, 4) is 0 Å². The molecule has 0 fully saturated rings. The fraction of sp³-hybridized carbons (Fsp3) is 0.571. The largest absolute Gasteiger partial charge is 0.376 e. The highest BCUT2D eigenvalue weighted by molar-refractivity contribution is 6.30. The molecule has 0 heterocycles. The number of hydrogen-bond donors (Lipinski definition) is 1. The Kier molecular flexibility index (Phi) is 7.28. The Balaban J connectivity index is 2.46. The van der Waals surface area contributed by atoms with Gasteiger partial charge in [0.1, 0.15) is 0 Å². The Bertz CT molecular complexity index is 327. The van der Waals surface area contributed by atoms with Gasteiger partial charge in [-0.1, -0.05) is 23.7 Å². The Morgan fingerprint density at radius 2 is 1.72 bits per heavy atom. The van der Waals surface area contributed by atoms with Gasteiger partial charge in [0.2, 0.25) is 0 Å². The number of rotatable bonds is 8. The zero-order chi connectivity index (χ0) is 13.4. The van der Waals surface area contributed by atoms with Gasteiger partial charge in [-0.15, -0.1) is 0 Å². The number of halogens is 1. The number of nitrogens with one attached hydrogen (secondary N) is 1. The Labute approximate surface area is 114 Å². The molecule has 3 nitrogen and oxygen atoms in total. The summed E-state index contributed by atoms with van der Waals surface area (Å²) in [6.07, 6.45) is 0.273. The van der Waals surface area contributed by atoms with Crippen LogP contribution < -0.4 is 5.32 Å². The van der Waals surface area contributed by atoms with Crippen LogP contribution in [0.2, 0.25) is 5.02 Å². The van der Waals surface area contributed by atoms with Gasteiger partial charge < -0.3 is 14.8 Å². The van der Waals surface area contributed by atoms with Gasteiger partial charge in [-0.05, 0) is 38.6 Å². The van der Waals surface area contributed by atoms with Gasteiger partial charge in [-0.2, -0.15) is 0 Å². The third-order valence-corrected chi connectivity index (χ3v) is 2.74. The topological polar surface area (TPSA) is 30.5 Å². The van der Waals surface area contributed by atoms with Crippen molar-refractivity contribution in [2.45, 2.75) is 26.1 Å². The molecule has 1 aromatic carbocycles. The molecule has 1 atom stereocenters. The van der Waals surface area contributed by atoms with Crippen molar-refractivity contribution >= 4 is 11.6 Å². The molecule has 0 aliphatic heterocycles. The Morgan fingerprint density at radius 1 is 1.11 bits per heavy atom. The second kappa shape index (κ2) is 8.48. The summed E-state index contributed by atoms with van der Waals surface area (Å²) in [6.45, 7) is 6.01. The smallest absolute Gasteiger partial charge is 0.0950 e. The molecule has 0 aliphatic carbocycles. The Hall–Kier alpha value is -0.610. The zero-order valence-electron chi connectivity index (χ0n) is 11.3. The van der Waals surface area contributed by atoms with Crippen molar-refractivity contribution in [3.05, 3.63) is 34.9 Å². The third kappa shape index (κ3) is 5.83. The fourth-order valence-electron chi connectivity index (χ4n) is 1.61. The summed E-state index contributed by atoms with van der Waals surface area (Å²) in [5.74, 6) is 0. The first kappa shape index (κ1) is 15.4. The van der Waals surface area contributed by atoms with Crippen molar-refractivity contribution in [3.63, 3.8) is 0 Å². The van der Waals surface area contributed by atoms with E-state index in [1.807, 2.05) is 45.2 Å². The average Bonchev–Trinajstić information content (AvgIpc) is 2.34. The number of ether oxygens (including phenoxy) is 2. The van der Waals surface area contributed by atoms with E-state index in [1.54, 1.807) is 0 Å². The third-order valence-electron chi connectivity index (χ3n) is 2.48. The van der Waals surface area contributed by atoms with Gasteiger partial charge in [0.15, 0.2) is 0 Å². The van der Waals surface area contributed by atoms with Gasteiger partial charge in [-0.3, -0.25) is 0 Å². The van der Waals surface area contributed by atoms with E-state index in [1.165, 1.54) is 0 Å². The molecule has 0 spiro atoms. The van der Waals surface area contributed by atoms with Gasteiger partial charge in [-0.25, -0.2) is 0 Å². The van der Waals surface area contributed by atoms with Gasteiger partial charge in [0, 0.05) is 11.6 Å². The van der Waals surface area contributed by atoms with Crippen LogP contribution in [0.4, 0.5) is 0 Å². The van der Waals surface area contributed by atoms with Gasteiger partial charge in [0.05, 0.1) is 25.4 Å². The SMILES string of the molecule is CNCC(OCCOC(C)C)c1ccc(Cl)cc1. The molecule has 18 heavy (non-hydrogen) atoms. The maximum atomic E-state index is 5.88. The van der Waals surface area contributed by atoms with Crippen LogP contribution >= 0.6 is 11.6 Å². The Morgan fingerprint density at radius 3 is 2.28 bits per heavy atom. The summed E-state index contributed by atoms with van der Waals surface area (Å²) in [7, 11) is 1.91. The highest BCUT2D eigenvalue weighted by Gasteiger charge is 2.11. The van der Waals surface area contributed by atoms with Crippen molar-refractivity contribution in [1.82, 2.24) is 5.32 Å². The predicted molar refractivity (Wildman–Crippen MR) is 75.2 cm³/mol. The van der Waals surface area contributed by atoms with Crippen LogP contribution in [0.25, 0.3) is 0 Å². The van der Waals surface area contributed by atoms with Crippen molar-refractivity contribution in [2.24, 2.45) is 0 Å². The van der Waals surface area contributed by atoms with E-state index in [-0.39, 0.29) is 12.2 Å². The van der Waals surface area contributed by atoms with Crippen LogP contribution in [0.15, 0.2) is 24.3 Å². The first-order valence-electron chi connectivity index (χ1n) is 6.26. The number of likely N-dealkylation sites (N-methyl/N-ethyl adjacent to an activating group) is 1. The quantitative estimate of drug-likeness (QED) is 0.737. The van der Waals surface area contributed by atoms with Crippen LogP contribution in [0, 0.1) is 0 Å². The lowest BCUT2D eigenvalue weighted by Crippen LogP contribution is -2.21. The first-order valence-corrected chi connectivity index (χ1v) is 6.64. The molecule has 0 amide bonds. The molecular weight excluding hydrogens is 250 g/mol. The molecule has 0 saturated heterocycles. The summed E-state index contributed by atoms with van der Waals surface area (Å²) >= 11 is 5.88. The van der Waals surface area contributed by atoms with Gasteiger partial charge >= 0.3 is 0 Å². The van der Waals surface area contributed by atoms with Crippen molar-refractivity contribution in [1.29, 1.82) is 0 Å². The second-order valence-electron chi connectivity index (χ2n) is 4.39. The lowest BCUT2D eigenvalue weighted by atomic mass is 10.1. The van der Waals surface area contributed by atoms with Crippen LogP contribution in [0.5, 0.6) is 0 Å². The zero-order valence-corrected chi connectivity index (χ0v) is 12.0. The van der Waals surface area contributed by atoms with Crippen LogP contribution in [-0.2, 0) is 9.47 Å². The van der Waals surface area contributed by atoms with E-state index in [4.69, 9.17) is 21.1 Å². The summed E-state index contributed by atoms with van der Waals surface area (Å²) in [5, 5.41) is 3.87. The minimum Gasteiger partial charge on any atom is -0.376 e. The van der Waals surface area contributed by atoms with Crippen molar-refractivity contribution in [2.75, 3.05) is 26.8 Å². The average molecular weight is 272 g/mol. The highest BCUT2D eigenvalue weighted by Crippen LogP contribution is 2.19. The molecule has 0 aromatic heterocycles. The van der Waals surface area contributed by atoms with Crippen LogP contribution in [0.1, 0.15) is 25.5 Å². The lowest BCUT2D eigenvalue weighted by molar-refractivity contribution is -0.0125. The fourth-order valence-corrected chi connectivity index (χ4v) is 1.74. The first-order chi connectivity index (χ1) is 8.63. The molecule has 1 N–H and O–H groups in total. The van der Waals surface area contributed by atoms with E-state index in [9.17, 15) is 0 Å². The van der Waals surface area contributed by atoms with Crippen LogP contribution in [0.3, 0.4) is 0 Å². The monoisotopic (exact) mass is 271 g/mol. The summed E-state index contributed by atoms with van der Waals surface area (Å²) in [6, 6.07) is 7.75. The highest BCUT2D eigenvalue weighted by atomic mass is 35.5. The minimum absolute atomic E-state index is 0.0306. The molecule has 0 saturated carbocycles. The van der Waals surface area contributed by atoms with E-state index >= 15 is 0 Å². The molecule has 102 valence electrons. The second-order valence-corrected chi connectivity index (χ2v) is 4.82. The predicted octanol–water partition coefficient (Wildman–Crippen LogP) is 3.04. The van der Waals surface area contributed by atoms with Crippen LogP contribution in [-0.4, -0.2) is 32.9 Å². The molecule has 0 bridgehead atoms. The van der Waals surface area contributed by atoms with E-state index in [2.05, 4.69) is 5.32 Å². The standard InChI is InChI=1S/C14H22ClNO2/c1-11(2)17-8-9-18-14(10-16-3)12-4-6-13(15)7-5-12/h4-7,11,14,16H,8-10H2,1-3H3. The summed E-state index contributed by atoms with van der Waals surface area (Å²) < 4.78 is 11.3. The molecule has 1 rings (SSSR count).